The molecule has 0 radical (unpaired) electrons. The van der Waals surface area contributed by atoms with Gasteiger partial charge in [0.2, 0.25) is 5.88 Å². The number of aromatic nitrogens is 2. The van der Waals surface area contributed by atoms with Gasteiger partial charge in [-0.25, -0.2) is 19.2 Å². The molecule has 4 rings (SSSR count). The van der Waals surface area contributed by atoms with Crippen LogP contribution in [0.15, 0.2) is 60.2 Å². The van der Waals surface area contributed by atoms with Crippen LogP contribution in [-0.2, 0) is 0 Å². The molecule has 0 spiro atoms. The summed E-state index contributed by atoms with van der Waals surface area (Å²) >= 11 is 1.49. The van der Waals surface area contributed by atoms with Crippen molar-refractivity contribution in [3.63, 3.8) is 0 Å². The summed E-state index contributed by atoms with van der Waals surface area (Å²) in [5, 5.41) is 7.99. The maximum Gasteiger partial charge on any atom is 0.318 e. The van der Waals surface area contributed by atoms with E-state index >= 15 is 0 Å². The highest BCUT2D eigenvalue weighted by molar-refractivity contribution is 7.17. The van der Waals surface area contributed by atoms with Gasteiger partial charge in [-0.2, -0.15) is 0 Å². The molecule has 2 amide bonds. The fourth-order valence-electron chi connectivity index (χ4n) is 3.04. The van der Waals surface area contributed by atoms with Crippen LogP contribution in [0.1, 0.15) is 6.42 Å². The molecule has 2 aromatic carbocycles. The summed E-state index contributed by atoms with van der Waals surface area (Å²) in [6.07, 6.45) is 2.13. The summed E-state index contributed by atoms with van der Waals surface area (Å²) in [6.45, 7) is 0.881. The van der Waals surface area contributed by atoms with Crippen LogP contribution in [0, 0.1) is 5.82 Å². The van der Waals surface area contributed by atoms with E-state index in [1.165, 1.54) is 29.8 Å². The number of urea groups is 1. The van der Waals surface area contributed by atoms with Crippen LogP contribution < -0.4 is 20.1 Å². The molecule has 0 aliphatic rings. The lowest BCUT2D eigenvalue weighted by Gasteiger charge is -2.10. The molecule has 0 bridgehead atoms. The first-order valence-corrected chi connectivity index (χ1v) is 10.8. The standard InChI is InChI=1S/C23H21FN4O3S/c1-25-23(29)28-17-7-9-18(10-8-17)30-11-2-12-31-21-20-19(13-32-22(20)27-14-26-21)15-3-5-16(24)6-4-15/h3-10,13-14H,2,11-12H2,1H3,(H2,25,28,29). The van der Waals surface area contributed by atoms with E-state index in [9.17, 15) is 9.18 Å². The van der Waals surface area contributed by atoms with Crippen LogP contribution in [0.5, 0.6) is 11.6 Å². The predicted octanol–water partition coefficient (Wildman–Crippen LogP) is 5.10. The zero-order valence-corrected chi connectivity index (χ0v) is 18.1. The summed E-state index contributed by atoms with van der Waals surface area (Å²) in [5.74, 6) is 0.923. The fraction of sp³-hybridized carbons (Fsp3) is 0.174. The molecule has 0 atom stereocenters. The third-order valence-corrected chi connectivity index (χ3v) is 5.51. The van der Waals surface area contributed by atoms with E-state index in [4.69, 9.17) is 9.47 Å². The zero-order valence-electron chi connectivity index (χ0n) is 17.3. The number of fused-ring (bicyclic) bond motifs is 1. The first-order valence-electron chi connectivity index (χ1n) is 9.96. The van der Waals surface area contributed by atoms with Crippen LogP contribution in [-0.4, -0.2) is 36.3 Å². The molecule has 0 aliphatic carbocycles. The maximum atomic E-state index is 13.3. The number of carbonyl (C=O) groups is 1. The third-order valence-electron chi connectivity index (χ3n) is 4.63. The van der Waals surface area contributed by atoms with Crippen molar-refractivity contribution >= 4 is 33.3 Å². The first kappa shape index (κ1) is 21.5. The van der Waals surface area contributed by atoms with E-state index in [1.807, 2.05) is 5.38 Å². The lowest BCUT2D eigenvalue weighted by Crippen LogP contribution is -2.24. The van der Waals surface area contributed by atoms with Gasteiger partial charge in [0.05, 0.1) is 18.6 Å². The minimum absolute atomic E-state index is 0.275. The Morgan fingerprint density at radius 2 is 1.78 bits per heavy atom. The Balaban J connectivity index is 1.33. The van der Waals surface area contributed by atoms with Crippen molar-refractivity contribution in [1.82, 2.24) is 15.3 Å². The number of halogens is 1. The largest absolute Gasteiger partial charge is 0.493 e. The van der Waals surface area contributed by atoms with E-state index in [0.717, 1.165) is 21.3 Å². The zero-order chi connectivity index (χ0) is 22.3. The topological polar surface area (TPSA) is 85.4 Å². The van der Waals surface area contributed by atoms with E-state index in [1.54, 1.807) is 43.4 Å². The van der Waals surface area contributed by atoms with Gasteiger partial charge in [-0.05, 0) is 42.0 Å². The number of hydrogen-bond acceptors (Lipinski definition) is 6. The Bertz CT molecular complexity index is 1200. The van der Waals surface area contributed by atoms with E-state index in [2.05, 4.69) is 20.6 Å². The number of anilines is 1. The molecule has 2 heterocycles. The molecule has 0 fully saturated rings. The second kappa shape index (κ2) is 10.1. The second-order valence-electron chi connectivity index (χ2n) is 6.79. The molecule has 2 N–H and O–H groups in total. The van der Waals surface area contributed by atoms with Crippen molar-refractivity contribution in [3.05, 3.63) is 66.1 Å². The summed E-state index contributed by atoms with van der Waals surface area (Å²) < 4.78 is 24.9. The van der Waals surface area contributed by atoms with Crippen LogP contribution in [0.25, 0.3) is 21.3 Å². The molecule has 0 saturated carbocycles. The first-order chi connectivity index (χ1) is 15.6. The van der Waals surface area contributed by atoms with Crippen molar-refractivity contribution < 1.29 is 18.7 Å². The van der Waals surface area contributed by atoms with E-state index in [-0.39, 0.29) is 11.8 Å². The highest BCUT2D eigenvalue weighted by Gasteiger charge is 2.14. The monoisotopic (exact) mass is 452 g/mol. The molecular formula is C23H21FN4O3S. The number of nitrogens with zero attached hydrogens (tertiary/aromatic N) is 2. The van der Waals surface area contributed by atoms with Gasteiger partial charge in [0.25, 0.3) is 0 Å². The van der Waals surface area contributed by atoms with Gasteiger partial charge < -0.3 is 20.1 Å². The van der Waals surface area contributed by atoms with Crippen molar-refractivity contribution in [2.24, 2.45) is 0 Å². The number of amides is 2. The quantitative estimate of drug-likeness (QED) is 0.364. The van der Waals surface area contributed by atoms with Gasteiger partial charge in [0, 0.05) is 30.1 Å². The SMILES string of the molecule is CNC(=O)Nc1ccc(OCCCOc2ncnc3scc(-c4ccc(F)cc4)c23)cc1. The maximum absolute atomic E-state index is 13.3. The highest BCUT2D eigenvalue weighted by atomic mass is 32.1. The van der Waals surface area contributed by atoms with Crippen LogP contribution in [0.4, 0.5) is 14.9 Å². The fourth-order valence-corrected chi connectivity index (χ4v) is 3.95. The molecule has 2 aromatic heterocycles. The summed E-state index contributed by atoms with van der Waals surface area (Å²) in [7, 11) is 1.56. The van der Waals surface area contributed by atoms with Gasteiger partial charge in [0.15, 0.2) is 0 Å². The Labute approximate surface area is 188 Å². The molecule has 0 aliphatic heterocycles. The Kier molecular flexibility index (Phi) is 6.76. The third kappa shape index (κ3) is 5.12. The summed E-state index contributed by atoms with van der Waals surface area (Å²) in [4.78, 5) is 20.7. The molecular weight excluding hydrogens is 431 g/mol. The molecule has 0 unspecified atom stereocenters. The smallest absolute Gasteiger partial charge is 0.318 e. The lowest BCUT2D eigenvalue weighted by atomic mass is 10.1. The number of carbonyl (C=O) groups excluding carboxylic acids is 1. The summed E-state index contributed by atoms with van der Waals surface area (Å²) in [6, 6.07) is 13.2. The molecule has 0 saturated heterocycles. The molecule has 7 nitrogen and oxygen atoms in total. The number of ether oxygens (including phenoxy) is 2. The Hall–Kier alpha value is -3.72. The number of rotatable bonds is 8. The van der Waals surface area contributed by atoms with Crippen LogP contribution >= 0.6 is 11.3 Å². The van der Waals surface area contributed by atoms with E-state index in [0.29, 0.717) is 37.0 Å². The predicted molar refractivity (Wildman–Crippen MR) is 123 cm³/mol. The molecule has 4 aromatic rings. The molecule has 164 valence electrons. The average Bonchev–Trinajstić information content (AvgIpc) is 3.25. The molecule has 32 heavy (non-hydrogen) atoms. The van der Waals surface area contributed by atoms with E-state index < -0.39 is 0 Å². The lowest BCUT2D eigenvalue weighted by molar-refractivity contribution is 0.244. The Morgan fingerprint density at radius 3 is 2.53 bits per heavy atom. The number of nitrogens with one attached hydrogen (secondary N) is 2. The van der Waals surface area contributed by atoms with Crippen molar-refractivity contribution in [1.29, 1.82) is 0 Å². The second-order valence-corrected chi connectivity index (χ2v) is 7.65. The van der Waals surface area contributed by atoms with Crippen molar-refractivity contribution in [2.75, 3.05) is 25.6 Å². The minimum Gasteiger partial charge on any atom is -0.493 e. The van der Waals surface area contributed by atoms with Gasteiger partial charge in [-0.1, -0.05) is 12.1 Å². The number of thiophene rings is 1. The molecule has 9 heteroatoms. The van der Waals surface area contributed by atoms with Gasteiger partial charge >= 0.3 is 6.03 Å². The van der Waals surface area contributed by atoms with Gasteiger partial charge in [-0.15, -0.1) is 11.3 Å². The van der Waals surface area contributed by atoms with Crippen LogP contribution in [0.2, 0.25) is 0 Å². The van der Waals surface area contributed by atoms with Gasteiger partial charge in [0.1, 0.15) is 22.7 Å². The average molecular weight is 453 g/mol. The summed E-state index contributed by atoms with van der Waals surface area (Å²) in [5.41, 5.74) is 2.48. The highest BCUT2D eigenvalue weighted by Crippen LogP contribution is 2.37. The Morgan fingerprint density at radius 1 is 1.03 bits per heavy atom. The number of benzene rings is 2. The minimum atomic E-state index is -0.279. The van der Waals surface area contributed by atoms with Crippen molar-refractivity contribution in [3.8, 4) is 22.8 Å². The van der Waals surface area contributed by atoms with Crippen LogP contribution in [0.3, 0.4) is 0 Å². The van der Waals surface area contributed by atoms with Gasteiger partial charge in [-0.3, -0.25) is 0 Å². The normalized spacial score (nSPS) is 10.7. The number of hydrogen-bond donors (Lipinski definition) is 2. The van der Waals surface area contributed by atoms with Crippen molar-refractivity contribution in [2.45, 2.75) is 6.42 Å².